The maximum absolute atomic E-state index is 5.34. The van der Waals surface area contributed by atoms with E-state index in [9.17, 15) is 0 Å². The highest BCUT2D eigenvalue weighted by Gasteiger charge is 2.19. The summed E-state index contributed by atoms with van der Waals surface area (Å²) in [6, 6.07) is 0.706. The van der Waals surface area contributed by atoms with Crippen LogP contribution in [-0.4, -0.2) is 25.8 Å². The number of rotatable bonds is 4. The first-order chi connectivity index (χ1) is 6.72. The average Bonchev–Trinajstić information content (AvgIpc) is 2.18. The molecule has 0 amide bonds. The molecule has 0 aromatic rings. The molecular weight excluding hydrogens is 174 g/mol. The van der Waals surface area contributed by atoms with Crippen molar-refractivity contribution in [1.29, 1.82) is 0 Å². The Labute approximate surface area is 87.7 Å². The molecule has 0 heterocycles. The lowest BCUT2D eigenvalue weighted by molar-refractivity contribution is 0.0630. The van der Waals surface area contributed by atoms with E-state index < -0.39 is 0 Å². The molecule has 1 N–H and O–H groups in total. The second-order valence-corrected chi connectivity index (χ2v) is 4.40. The van der Waals surface area contributed by atoms with E-state index in [2.05, 4.69) is 25.2 Å². The fourth-order valence-corrected chi connectivity index (χ4v) is 1.93. The summed E-state index contributed by atoms with van der Waals surface area (Å²) in [6.07, 6.45) is 7.70. The van der Waals surface area contributed by atoms with Crippen molar-refractivity contribution >= 4 is 0 Å². The van der Waals surface area contributed by atoms with Gasteiger partial charge >= 0.3 is 0 Å². The monoisotopic (exact) mass is 197 g/mol. The van der Waals surface area contributed by atoms with Crippen LogP contribution < -0.4 is 5.32 Å². The molecular formula is C12H23NO. The van der Waals surface area contributed by atoms with Crippen molar-refractivity contribution in [3.63, 3.8) is 0 Å². The molecule has 0 bridgehead atoms. The topological polar surface area (TPSA) is 21.3 Å². The van der Waals surface area contributed by atoms with Crippen molar-refractivity contribution in [3.8, 4) is 0 Å². The Kier molecular flexibility index (Phi) is 5.20. The number of nitrogens with one attached hydrogen (secondary N) is 1. The largest absolute Gasteiger partial charge is 0.381 e. The van der Waals surface area contributed by atoms with E-state index in [-0.39, 0.29) is 0 Å². The predicted molar refractivity (Wildman–Crippen MR) is 60.5 cm³/mol. The zero-order chi connectivity index (χ0) is 10.4. The van der Waals surface area contributed by atoms with Crippen LogP contribution in [0.4, 0.5) is 0 Å². The van der Waals surface area contributed by atoms with Gasteiger partial charge in [-0.1, -0.05) is 11.6 Å². The van der Waals surface area contributed by atoms with Gasteiger partial charge in [0.1, 0.15) is 0 Å². The smallest absolute Gasteiger partial charge is 0.0572 e. The van der Waals surface area contributed by atoms with E-state index in [1.54, 1.807) is 0 Å². The van der Waals surface area contributed by atoms with Crippen molar-refractivity contribution in [3.05, 3.63) is 11.6 Å². The molecule has 1 rings (SSSR count). The molecule has 0 unspecified atom stereocenters. The molecule has 0 aromatic carbocycles. The Hall–Kier alpha value is -0.340. The van der Waals surface area contributed by atoms with Crippen molar-refractivity contribution in [2.45, 2.75) is 51.7 Å². The van der Waals surface area contributed by atoms with E-state index in [0.29, 0.717) is 12.1 Å². The minimum atomic E-state index is 0.511. The number of ether oxygens (including phenoxy) is 1. The molecule has 1 saturated carbocycles. The van der Waals surface area contributed by atoms with Gasteiger partial charge in [0.15, 0.2) is 0 Å². The summed E-state index contributed by atoms with van der Waals surface area (Å²) in [5, 5.41) is 3.57. The van der Waals surface area contributed by atoms with Crippen LogP contribution in [0.5, 0.6) is 0 Å². The first-order valence-corrected chi connectivity index (χ1v) is 5.62. The number of allylic oxidation sites excluding steroid dienone is 1. The molecule has 2 nitrogen and oxygen atoms in total. The van der Waals surface area contributed by atoms with Crippen molar-refractivity contribution < 1.29 is 4.74 Å². The Morgan fingerprint density at radius 1 is 1.29 bits per heavy atom. The highest BCUT2D eigenvalue weighted by Crippen LogP contribution is 2.20. The highest BCUT2D eigenvalue weighted by molar-refractivity contribution is 4.95. The lowest BCUT2D eigenvalue weighted by Crippen LogP contribution is -2.35. The second kappa shape index (κ2) is 6.20. The SMILES string of the molecule is COC1CCC(NCC=C(C)C)CC1. The number of hydrogen-bond donors (Lipinski definition) is 1. The summed E-state index contributed by atoms with van der Waals surface area (Å²) in [6.45, 7) is 5.30. The summed E-state index contributed by atoms with van der Waals surface area (Å²) in [4.78, 5) is 0. The lowest BCUT2D eigenvalue weighted by atomic mass is 9.93. The highest BCUT2D eigenvalue weighted by atomic mass is 16.5. The van der Waals surface area contributed by atoms with Crippen LogP contribution in [0.2, 0.25) is 0 Å². The second-order valence-electron chi connectivity index (χ2n) is 4.40. The fourth-order valence-electron chi connectivity index (χ4n) is 1.93. The molecule has 14 heavy (non-hydrogen) atoms. The van der Waals surface area contributed by atoms with Gasteiger partial charge in [0, 0.05) is 19.7 Å². The van der Waals surface area contributed by atoms with Crippen molar-refractivity contribution in [2.24, 2.45) is 0 Å². The minimum Gasteiger partial charge on any atom is -0.381 e. The molecule has 0 spiro atoms. The summed E-state index contributed by atoms with van der Waals surface area (Å²) >= 11 is 0. The summed E-state index contributed by atoms with van der Waals surface area (Å²) in [7, 11) is 1.82. The van der Waals surface area contributed by atoms with Gasteiger partial charge in [0.2, 0.25) is 0 Å². The Morgan fingerprint density at radius 2 is 1.93 bits per heavy atom. The van der Waals surface area contributed by atoms with Crippen LogP contribution in [0.15, 0.2) is 11.6 Å². The quantitative estimate of drug-likeness (QED) is 0.699. The van der Waals surface area contributed by atoms with Gasteiger partial charge in [0.05, 0.1) is 6.10 Å². The third-order valence-corrected chi connectivity index (χ3v) is 2.92. The zero-order valence-corrected chi connectivity index (χ0v) is 9.68. The molecule has 0 atom stereocenters. The molecule has 0 radical (unpaired) electrons. The zero-order valence-electron chi connectivity index (χ0n) is 9.68. The standard InChI is InChI=1S/C12H23NO/c1-10(2)8-9-13-11-4-6-12(14-3)7-5-11/h8,11-13H,4-7,9H2,1-3H3. The van der Waals surface area contributed by atoms with E-state index in [4.69, 9.17) is 4.74 Å². The van der Waals surface area contributed by atoms with Gasteiger partial charge in [-0.15, -0.1) is 0 Å². The summed E-state index contributed by atoms with van der Waals surface area (Å²) in [5.41, 5.74) is 1.39. The van der Waals surface area contributed by atoms with Gasteiger partial charge in [-0.25, -0.2) is 0 Å². The van der Waals surface area contributed by atoms with Crippen LogP contribution >= 0.6 is 0 Å². The van der Waals surface area contributed by atoms with E-state index in [1.165, 1.54) is 31.3 Å². The van der Waals surface area contributed by atoms with E-state index in [1.807, 2.05) is 7.11 Å². The van der Waals surface area contributed by atoms with Crippen molar-refractivity contribution in [1.82, 2.24) is 5.32 Å². The third kappa shape index (κ3) is 4.25. The third-order valence-electron chi connectivity index (χ3n) is 2.92. The van der Waals surface area contributed by atoms with Crippen LogP contribution in [-0.2, 0) is 4.74 Å². The molecule has 1 aliphatic carbocycles. The van der Waals surface area contributed by atoms with Gasteiger partial charge in [-0.05, 0) is 39.5 Å². The molecule has 82 valence electrons. The van der Waals surface area contributed by atoms with Crippen LogP contribution in [0, 0.1) is 0 Å². The first kappa shape index (κ1) is 11.7. The molecule has 0 saturated heterocycles. The maximum atomic E-state index is 5.34. The van der Waals surface area contributed by atoms with Crippen LogP contribution in [0.3, 0.4) is 0 Å². The van der Waals surface area contributed by atoms with Crippen LogP contribution in [0.1, 0.15) is 39.5 Å². The Morgan fingerprint density at radius 3 is 2.43 bits per heavy atom. The molecule has 0 aromatic heterocycles. The fraction of sp³-hybridized carbons (Fsp3) is 0.833. The van der Waals surface area contributed by atoms with Crippen LogP contribution in [0.25, 0.3) is 0 Å². The Balaban J connectivity index is 2.13. The Bertz CT molecular complexity index is 177. The van der Waals surface area contributed by atoms with Gasteiger partial charge in [0.25, 0.3) is 0 Å². The van der Waals surface area contributed by atoms with Crippen molar-refractivity contribution in [2.75, 3.05) is 13.7 Å². The molecule has 2 heteroatoms. The molecule has 1 fully saturated rings. The first-order valence-electron chi connectivity index (χ1n) is 5.62. The maximum Gasteiger partial charge on any atom is 0.0572 e. The van der Waals surface area contributed by atoms with E-state index in [0.717, 1.165) is 6.54 Å². The minimum absolute atomic E-state index is 0.511. The molecule has 0 aliphatic heterocycles. The van der Waals surface area contributed by atoms with E-state index >= 15 is 0 Å². The summed E-state index contributed by atoms with van der Waals surface area (Å²) in [5.74, 6) is 0. The molecule has 1 aliphatic rings. The normalized spacial score (nSPS) is 27.4. The average molecular weight is 197 g/mol. The van der Waals surface area contributed by atoms with Gasteiger partial charge in [-0.3, -0.25) is 0 Å². The predicted octanol–water partition coefficient (Wildman–Crippen LogP) is 2.50. The number of methoxy groups -OCH3 is 1. The lowest BCUT2D eigenvalue weighted by Gasteiger charge is -2.28. The van der Waals surface area contributed by atoms with Gasteiger partial charge in [-0.2, -0.15) is 0 Å². The number of hydrogen-bond acceptors (Lipinski definition) is 2. The summed E-state index contributed by atoms with van der Waals surface area (Å²) < 4.78 is 5.34. The van der Waals surface area contributed by atoms with Gasteiger partial charge < -0.3 is 10.1 Å².